The van der Waals surface area contributed by atoms with Crippen molar-refractivity contribution in [3.05, 3.63) is 29.3 Å². The number of halogens is 1. The van der Waals surface area contributed by atoms with Gasteiger partial charge < -0.3 is 14.4 Å². The Kier molecular flexibility index (Phi) is 5.91. The predicted molar refractivity (Wildman–Crippen MR) is 105 cm³/mol. The van der Waals surface area contributed by atoms with E-state index in [2.05, 4.69) is 6.92 Å². The minimum atomic E-state index is -0.934. The molecule has 3 amide bonds. The second-order valence-electron chi connectivity index (χ2n) is 7.42. The molecule has 2 heterocycles. The molecule has 3 rings (SSSR count). The van der Waals surface area contributed by atoms with Gasteiger partial charge in [-0.15, -0.1) is 0 Å². The molecule has 2 aliphatic heterocycles. The van der Waals surface area contributed by atoms with Crippen LogP contribution in [0.2, 0.25) is 0 Å². The number of benzene rings is 1. The lowest BCUT2D eigenvalue weighted by atomic mass is 10.1. The quantitative estimate of drug-likeness (QED) is 0.522. The number of unbranched alkanes of at least 4 members (excludes halogenated alkanes) is 3. The Labute approximate surface area is 169 Å². The van der Waals surface area contributed by atoms with Gasteiger partial charge in [0, 0.05) is 18.7 Å². The van der Waals surface area contributed by atoms with Gasteiger partial charge in [0.15, 0.2) is 11.9 Å². The van der Waals surface area contributed by atoms with Gasteiger partial charge in [-0.1, -0.05) is 26.2 Å². The van der Waals surface area contributed by atoms with Gasteiger partial charge in [0.1, 0.15) is 17.3 Å². The molecule has 0 aliphatic carbocycles. The molecule has 1 aromatic rings. The van der Waals surface area contributed by atoms with Crippen LogP contribution in [-0.4, -0.2) is 30.6 Å². The molecule has 156 valence electrons. The van der Waals surface area contributed by atoms with Crippen molar-refractivity contribution in [1.29, 1.82) is 0 Å². The average Bonchev–Trinajstić information content (AvgIpc) is 2.95. The molecular weight excluding hydrogens is 379 g/mol. The van der Waals surface area contributed by atoms with E-state index in [9.17, 15) is 18.8 Å². The van der Waals surface area contributed by atoms with Gasteiger partial charge in [0.25, 0.3) is 5.91 Å². The van der Waals surface area contributed by atoms with Crippen molar-refractivity contribution in [2.45, 2.75) is 59.5 Å². The fourth-order valence-corrected chi connectivity index (χ4v) is 3.47. The number of rotatable bonds is 6. The van der Waals surface area contributed by atoms with E-state index >= 15 is 0 Å². The fraction of sp³-hybridized carbons (Fsp3) is 0.476. The van der Waals surface area contributed by atoms with Gasteiger partial charge in [0.05, 0.1) is 5.69 Å². The third kappa shape index (κ3) is 3.83. The number of carbonyl (C=O) groups is 3. The molecule has 7 nitrogen and oxygen atoms in total. The topological polar surface area (TPSA) is 76.2 Å². The summed E-state index contributed by atoms with van der Waals surface area (Å²) in [6, 6.07) is 2.21. The first-order chi connectivity index (χ1) is 13.8. The lowest BCUT2D eigenvalue weighted by Crippen LogP contribution is -2.46. The number of nitrogens with zero attached hydrogens (tertiary/aromatic N) is 2. The summed E-state index contributed by atoms with van der Waals surface area (Å²) in [6.45, 7) is 7.33. The fourth-order valence-electron chi connectivity index (χ4n) is 3.47. The number of cyclic esters (lactones) is 1. The third-order valence-electron chi connectivity index (χ3n) is 4.91. The van der Waals surface area contributed by atoms with Crippen LogP contribution in [0.5, 0.6) is 5.75 Å². The molecule has 1 fully saturated rings. The molecule has 0 bridgehead atoms. The van der Waals surface area contributed by atoms with E-state index in [4.69, 9.17) is 9.47 Å². The highest BCUT2D eigenvalue weighted by atomic mass is 19.1. The van der Waals surface area contributed by atoms with Gasteiger partial charge in [0.2, 0.25) is 0 Å². The summed E-state index contributed by atoms with van der Waals surface area (Å²) in [5.74, 6) is -1.66. The maximum absolute atomic E-state index is 14.3. The Morgan fingerprint density at radius 1 is 1.14 bits per heavy atom. The Hall–Kier alpha value is -2.90. The van der Waals surface area contributed by atoms with E-state index in [0.717, 1.165) is 42.7 Å². The lowest BCUT2D eigenvalue weighted by molar-refractivity contribution is -0.125. The number of ether oxygens (including phenoxy) is 2. The largest absolute Gasteiger partial charge is 0.478 e. The summed E-state index contributed by atoms with van der Waals surface area (Å²) >= 11 is 0. The maximum Gasteiger partial charge on any atom is 0.427 e. The third-order valence-corrected chi connectivity index (χ3v) is 4.91. The Morgan fingerprint density at radius 2 is 1.86 bits per heavy atom. The van der Waals surface area contributed by atoms with Gasteiger partial charge >= 0.3 is 12.0 Å². The Balaban J connectivity index is 2.08. The van der Waals surface area contributed by atoms with Crippen molar-refractivity contribution in [2.24, 2.45) is 0 Å². The second-order valence-corrected chi connectivity index (χ2v) is 7.42. The molecule has 1 aromatic carbocycles. The first-order valence-corrected chi connectivity index (χ1v) is 9.81. The number of anilines is 2. The highest BCUT2D eigenvalue weighted by Crippen LogP contribution is 2.45. The molecule has 0 radical (unpaired) electrons. The summed E-state index contributed by atoms with van der Waals surface area (Å²) in [5.41, 5.74) is 0.682. The molecule has 29 heavy (non-hydrogen) atoms. The summed E-state index contributed by atoms with van der Waals surface area (Å²) < 4.78 is 25.0. The number of hydrogen-bond acceptors (Lipinski definition) is 5. The SMILES string of the molecule is CCCCCCN1C(=O)C(C)Oc2cc(F)cc(N3C(=O)OC(=C(C)C)C3=O)c21. The maximum atomic E-state index is 14.3. The minimum Gasteiger partial charge on any atom is -0.478 e. The molecule has 0 aromatic heterocycles. The molecular formula is C21H25FN2O5. The molecule has 1 atom stereocenters. The first-order valence-electron chi connectivity index (χ1n) is 9.81. The summed E-state index contributed by atoms with van der Waals surface area (Å²) in [7, 11) is 0. The molecule has 0 saturated carbocycles. The van der Waals surface area contributed by atoms with Crippen LogP contribution in [0.25, 0.3) is 0 Å². The molecule has 0 spiro atoms. The van der Waals surface area contributed by atoms with Crippen molar-refractivity contribution in [3.63, 3.8) is 0 Å². The molecule has 2 aliphatic rings. The number of hydrogen-bond donors (Lipinski definition) is 0. The Bertz CT molecular complexity index is 891. The number of imide groups is 1. The van der Waals surface area contributed by atoms with Gasteiger partial charge in [-0.3, -0.25) is 9.59 Å². The van der Waals surface area contributed by atoms with E-state index in [1.165, 1.54) is 4.90 Å². The van der Waals surface area contributed by atoms with Crippen LogP contribution in [0.1, 0.15) is 53.4 Å². The zero-order chi connectivity index (χ0) is 21.3. The van der Waals surface area contributed by atoms with E-state index in [1.54, 1.807) is 20.8 Å². The van der Waals surface area contributed by atoms with Crippen LogP contribution in [0.3, 0.4) is 0 Å². The zero-order valence-corrected chi connectivity index (χ0v) is 17.1. The first kappa shape index (κ1) is 20.8. The average molecular weight is 404 g/mol. The van der Waals surface area contributed by atoms with Crippen molar-refractivity contribution >= 4 is 29.3 Å². The van der Waals surface area contributed by atoms with Crippen LogP contribution >= 0.6 is 0 Å². The summed E-state index contributed by atoms with van der Waals surface area (Å²) in [4.78, 5) is 40.3. The van der Waals surface area contributed by atoms with Gasteiger partial charge in [-0.05, 0) is 32.8 Å². The van der Waals surface area contributed by atoms with Crippen LogP contribution in [0.4, 0.5) is 20.6 Å². The van der Waals surface area contributed by atoms with Crippen molar-refractivity contribution in [1.82, 2.24) is 0 Å². The molecule has 1 saturated heterocycles. The van der Waals surface area contributed by atoms with E-state index in [0.29, 0.717) is 12.1 Å². The molecule has 1 unspecified atom stereocenters. The smallest absolute Gasteiger partial charge is 0.427 e. The van der Waals surface area contributed by atoms with Crippen LogP contribution in [-0.2, 0) is 14.3 Å². The van der Waals surface area contributed by atoms with E-state index < -0.39 is 23.9 Å². The highest BCUT2D eigenvalue weighted by Gasteiger charge is 2.43. The monoisotopic (exact) mass is 404 g/mol. The number of amides is 3. The number of fused-ring (bicyclic) bond motifs is 1. The van der Waals surface area contributed by atoms with E-state index in [1.807, 2.05) is 0 Å². The van der Waals surface area contributed by atoms with Gasteiger partial charge in [-0.2, -0.15) is 0 Å². The molecule has 0 N–H and O–H groups in total. The summed E-state index contributed by atoms with van der Waals surface area (Å²) in [6.07, 6.45) is 2.00. The normalized spacial score (nSPS) is 18.7. The zero-order valence-electron chi connectivity index (χ0n) is 17.1. The number of carbonyl (C=O) groups excluding carboxylic acids is 3. The standard InChI is InChI=1S/C21H25FN2O5/c1-5-6-7-8-9-23-17-15(24-20(26)18(12(2)3)29-21(24)27)10-14(22)11-16(17)28-13(4)19(23)25/h10-11,13H,5-9H2,1-4H3. The molecule has 8 heteroatoms. The van der Waals surface area contributed by atoms with Crippen LogP contribution in [0.15, 0.2) is 23.5 Å². The highest BCUT2D eigenvalue weighted by molar-refractivity contribution is 6.25. The number of allylic oxidation sites excluding steroid dienone is 1. The van der Waals surface area contributed by atoms with Crippen molar-refractivity contribution in [2.75, 3.05) is 16.3 Å². The van der Waals surface area contributed by atoms with Crippen LogP contribution < -0.4 is 14.5 Å². The second kappa shape index (κ2) is 8.23. The Morgan fingerprint density at radius 3 is 2.48 bits per heavy atom. The van der Waals surface area contributed by atoms with Crippen molar-refractivity contribution in [3.8, 4) is 5.75 Å². The minimum absolute atomic E-state index is 0.0537. The summed E-state index contributed by atoms with van der Waals surface area (Å²) in [5, 5.41) is 0. The van der Waals surface area contributed by atoms with Crippen molar-refractivity contribution < 1.29 is 28.2 Å². The van der Waals surface area contributed by atoms with E-state index in [-0.39, 0.29) is 28.8 Å². The van der Waals surface area contributed by atoms with Crippen LogP contribution in [0, 0.1) is 5.82 Å². The predicted octanol–water partition coefficient (Wildman–Crippen LogP) is 4.30. The van der Waals surface area contributed by atoms with Gasteiger partial charge in [-0.25, -0.2) is 14.1 Å². The lowest BCUT2D eigenvalue weighted by Gasteiger charge is -2.35.